The Kier molecular flexibility index (Phi) is 4.24. The maximum Gasteiger partial charge on any atom is 0.216 e. The molecule has 0 radical (unpaired) electrons. The largest absolute Gasteiger partial charge is 0.455 e. The van der Waals surface area contributed by atoms with Crippen molar-refractivity contribution in [1.82, 2.24) is 0 Å². The van der Waals surface area contributed by atoms with Gasteiger partial charge in [-0.15, -0.1) is 0 Å². The van der Waals surface area contributed by atoms with E-state index >= 15 is 0 Å². The third kappa shape index (κ3) is 2.73. The van der Waals surface area contributed by atoms with Gasteiger partial charge in [0.1, 0.15) is 26.3 Å². The lowest BCUT2D eigenvalue weighted by Gasteiger charge is -2.25. The van der Waals surface area contributed by atoms with E-state index < -0.39 is 8.07 Å². The lowest BCUT2D eigenvalue weighted by Crippen LogP contribution is -2.62. The Morgan fingerprint density at radius 3 is 2.09 bits per heavy atom. The standard InChI is InChI=1S/C32H26NOSi/c1-21-15-17-26-23-18-16-22(20-28(23)34-32(26)31(21)27-12-8-9-19-33(27)2)35(3)29-13-6-4-10-24(29)25-11-5-7-14-30(25)35/h4-20H,1-3H3/q+1. The Morgan fingerprint density at radius 2 is 1.37 bits per heavy atom. The Hall–Kier alpha value is -3.95. The van der Waals surface area contributed by atoms with Crippen LogP contribution in [0.15, 0.2) is 108 Å². The van der Waals surface area contributed by atoms with Crippen molar-refractivity contribution in [3.05, 3.63) is 109 Å². The Bertz CT molecular complexity index is 1750. The van der Waals surface area contributed by atoms with Crippen molar-refractivity contribution in [1.29, 1.82) is 0 Å². The van der Waals surface area contributed by atoms with Gasteiger partial charge < -0.3 is 4.42 Å². The van der Waals surface area contributed by atoms with E-state index in [2.05, 4.69) is 128 Å². The minimum absolute atomic E-state index is 0.970. The van der Waals surface area contributed by atoms with Crippen molar-refractivity contribution in [2.75, 3.05) is 0 Å². The molecule has 0 spiro atoms. The van der Waals surface area contributed by atoms with Crippen molar-refractivity contribution in [2.24, 2.45) is 7.05 Å². The highest BCUT2D eigenvalue weighted by molar-refractivity contribution is 7.13. The molecular formula is C32H26NOSi+. The van der Waals surface area contributed by atoms with Gasteiger partial charge in [0.05, 0.1) is 5.56 Å². The highest BCUT2D eigenvalue weighted by Gasteiger charge is 2.43. The summed E-state index contributed by atoms with van der Waals surface area (Å²) in [5.74, 6) is 0. The highest BCUT2D eigenvalue weighted by Crippen LogP contribution is 2.37. The fourth-order valence-corrected chi connectivity index (χ4v) is 10.2. The smallest absolute Gasteiger partial charge is 0.216 e. The van der Waals surface area contributed by atoms with Gasteiger partial charge >= 0.3 is 0 Å². The number of aromatic nitrogens is 1. The summed E-state index contributed by atoms with van der Waals surface area (Å²) in [6.07, 6.45) is 2.09. The summed E-state index contributed by atoms with van der Waals surface area (Å²) < 4.78 is 8.87. The number of aryl methyl sites for hydroxylation is 2. The Labute approximate surface area is 206 Å². The van der Waals surface area contributed by atoms with Crippen LogP contribution >= 0.6 is 0 Å². The van der Waals surface area contributed by atoms with Gasteiger partial charge in [0.15, 0.2) is 6.20 Å². The molecule has 6 aromatic rings. The number of furan rings is 1. The molecule has 3 heterocycles. The van der Waals surface area contributed by atoms with Crippen molar-refractivity contribution in [3.63, 3.8) is 0 Å². The van der Waals surface area contributed by atoms with E-state index in [0.29, 0.717) is 0 Å². The van der Waals surface area contributed by atoms with Crippen LogP contribution < -0.4 is 20.1 Å². The van der Waals surface area contributed by atoms with Gasteiger partial charge in [-0.25, -0.2) is 4.57 Å². The van der Waals surface area contributed by atoms with Crippen LogP contribution in [0.5, 0.6) is 0 Å². The third-order valence-corrected chi connectivity index (χ3v) is 12.5. The quantitative estimate of drug-likeness (QED) is 0.243. The number of benzene rings is 4. The summed E-state index contributed by atoms with van der Waals surface area (Å²) in [6, 6.07) is 35.6. The first-order chi connectivity index (χ1) is 17.1. The number of rotatable bonds is 2. The van der Waals surface area contributed by atoms with Crippen molar-refractivity contribution >= 4 is 45.6 Å². The third-order valence-electron chi connectivity index (χ3n) is 7.96. The van der Waals surface area contributed by atoms with Crippen LogP contribution in [0.25, 0.3) is 44.3 Å². The molecule has 0 N–H and O–H groups in total. The molecule has 0 unspecified atom stereocenters. The predicted molar refractivity (Wildman–Crippen MR) is 147 cm³/mol. The van der Waals surface area contributed by atoms with Crippen LogP contribution in [0.1, 0.15) is 5.56 Å². The molecule has 0 fully saturated rings. The zero-order valence-electron chi connectivity index (χ0n) is 20.2. The predicted octanol–water partition coefficient (Wildman–Crippen LogP) is 5.47. The van der Waals surface area contributed by atoms with Crippen LogP contribution in [0.4, 0.5) is 0 Å². The molecule has 2 aromatic heterocycles. The second-order valence-electron chi connectivity index (χ2n) is 9.86. The van der Waals surface area contributed by atoms with E-state index in [1.165, 1.54) is 48.6 Å². The average molecular weight is 469 g/mol. The fraction of sp³-hybridized carbons (Fsp3) is 0.0938. The first kappa shape index (κ1) is 20.4. The zero-order chi connectivity index (χ0) is 23.7. The molecule has 0 aliphatic carbocycles. The van der Waals surface area contributed by atoms with E-state index in [0.717, 1.165) is 16.9 Å². The SMILES string of the molecule is Cc1ccc2c(oc3cc([Si]4(C)c5ccccc5-c5ccccc54)ccc32)c1-c1cccc[n+]1C. The number of hydrogen-bond donors (Lipinski definition) is 0. The van der Waals surface area contributed by atoms with Crippen molar-refractivity contribution in [2.45, 2.75) is 13.5 Å². The summed E-state index contributed by atoms with van der Waals surface area (Å²) in [6.45, 7) is 4.65. The molecule has 7 rings (SSSR count). The maximum atomic E-state index is 6.70. The summed E-state index contributed by atoms with van der Waals surface area (Å²) in [7, 11) is -0.0383. The summed E-state index contributed by atoms with van der Waals surface area (Å²) in [4.78, 5) is 0. The first-order valence-electron chi connectivity index (χ1n) is 12.2. The molecule has 0 saturated carbocycles. The van der Waals surface area contributed by atoms with Crippen LogP contribution in [-0.4, -0.2) is 8.07 Å². The second-order valence-corrected chi connectivity index (χ2v) is 13.8. The van der Waals surface area contributed by atoms with E-state index in [1.54, 1.807) is 0 Å². The molecule has 2 nitrogen and oxygen atoms in total. The minimum atomic E-state index is -2.13. The topological polar surface area (TPSA) is 17.0 Å². The molecule has 4 aromatic carbocycles. The molecule has 0 amide bonds. The molecule has 168 valence electrons. The monoisotopic (exact) mass is 468 g/mol. The van der Waals surface area contributed by atoms with Crippen LogP contribution in [0.3, 0.4) is 0 Å². The van der Waals surface area contributed by atoms with Gasteiger partial charge in [-0.1, -0.05) is 79.3 Å². The number of fused-ring (bicyclic) bond motifs is 6. The summed E-state index contributed by atoms with van der Waals surface area (Å²) in [5.41, 5.74) is 8.27. The summed E-state index contributed by atoms with van der Waals surface area (Å²) >= 11 is 0. The maximum absolute atomic E-state index is 6.70. The Morgan fingerprint density at radius 1 is 0.714 bits per heavy atom. The number of hydrogen-bond acceptors (Lipinski definition) is 1. The number of pyridine rings is 1. The van der Waals surface area contributed by atoms with E-state index in [1.807, 2.05) is 0 Å². The molecule has 1 aliphatic heterocycles. The van der Waals surface area contributed by atoms with Crippen LogP contribution in [-0.2, 0) is 7.05 Å². The van der Waals surface area contributed by atoms with Crippen molar-refractivity contribution < 1.29 is 8.98 Å². The molecule has 3 heteroatoms. The molecule has 0 atom stereocenters. The van der Waals surface area contributed by atoms with Gasteiger partial charge in [0.25, 0.3) is 0 Å². The molecule has 0 saturated heterocycles. The normalized spacial score (nSPS) is 13.8. The van der Waals surface area contributed by atoms with Crippen molar-refractivity contribution in [3.8, 4) is 22.4 Å². The minimum Gasteiger partial charge on any atom is -0.455 e. The fourth-order valence-electron chi connectivity index (χ4n) is 6.11. The molecular weight excluding hydrogens is 442 g/mol. The van der Waals surface area contributed by atoms with Gasteiger partial charge in [0.2, 0.25) is 5.69 Å². The highest BCUT2D eigenvalue weighted by atomic mass is 28.3. The van der Waals surface area contributed by atoms with Gasteiger partial charge in [-0.3, -0.25) is 0 Å². The van der Waals surface area contributed by atoms with Gasteiger partial charge in [-0.05, 0) is 51.3 Å². The summed E-state index contributed by atoms with van der Waals surface area (Å²) in [5, 5.41) is 6.73. The lowest BCUT2D eigenvalue weighted by atomic mass is 10.0. The average Bonchev–Trinajstić information content (AvgIpc) is 3.38. The molecule has 1 aliphatic rings. The van der Waals surface area contributed by atoms with E-state index in [-0.39, 0.29) is 0 Å². The van der Waals surface area contributed by atoms with E-state index in [9.17, 15) is 0 Å². The number of nitrogens with zero attached hydrogens (tertiary/aromatic N) is 1. The first-order valence-corrected chi connectivity index (χ1v) is 14.7. The molecule has 0 bridgehead atoms. The van der Waals surface area contributed by atoms with Gasteiger partial charge in [-0.2, -0.15) is 0 Å². The second kappa shape index (κ2) is 7.27. The van der Waals surface area contributed by atoms with Crippen LogP contribution in [0.2, 0.25) is 6.55 Å². The zero-order valence-corrected chi connectivity index (χ0v) is 21.2. The molecule has 35 heavy (non-hydrogen) atoms. The van der Waals surface area contributed by atoms with E-state index in [4.69, 9.17) is 4.42 Å². The van der Waals surface area contributed by atoms with Crippen LogP contribution in [0, 0.1) is 6.92 Å². The van der Waals surface area contributed by atoms with Gasteiger partial charge in [0, 0.05) is 22.9 Å². The lowest BCUT2D eigenvalue weighted by molar-refractivity contribution is -0.660. The Balaban J connectivity index is 1.50.